The molecular formula is C12H16F2N2O3S2. The third-order valence-electron chi connectivity index (χ3n) is 2.67. The first-order valence-electron chi connectivity index (χ1n) is 6.02. The number of rotatable bonds is 8. The maximum atomic E-state index is 12.4. The Morgan fingerprint density at radius 1 is 1.33 bits per heavy atom. The van der Waals surface area contributed by atoms with Crippen molar-refractivity contribution in [3.05, 3.63) is 35.4 Å². The Bertz CT molecular complexity index is 577. The lowest BCUT2D eigenvalue weighted by Crippen LogP contribution is -2.38. The lowest BCUT2D eigenvalue weighted by molar-refractivity contribution is 0.113. The zero-order valence-electron chi connectivity index (χ0n) is 11.1. The molecule has 1 aromatic rings. The Labute approximate surface area is 127 Å². The van der Waals surface area contributed by atoms with Crippen molar-refractivity contribution in [3.8, 4) is 0 Å². The van der Waals surface area contributed by atoms with Crippen molar-refractivity contribution in [1.29, 1.82) is 0 Å². The average Bonchev–Trinajstić information content (AvgIpc) is 2.38. The minimum atomic E-state index is -3.94. The number of sulfonamides is 1. The Morgan fingerprint density at radius 2 is 1.90 bits per heavy atom. The number of aliphatic hydroxyl groups is 1. The molecule has 0 heterocycles. The molecule has 3 N–H and O–H groups in total. The molecule has 0 amide bonds. The van der Waals surface area contributed by atoms with Crippen LogP contribution in [0.15, 0.2) is 24.3 Å². The van der Waals surface area contributed by atoms with Gasteiger partial charge in [-0.2, -0.15) is 4.31 Å². The first-order valence-corrected chi connectivity index (χ1v) is 8.03. The zero-order chi connectivity index (χ0) is 16.0. The lowest BCUT2D eigenvalue weighted by atomic mass is 10.1. The molecule has 0 radical (unpaired) electrons. The molecule has 0 fully saturated rings. The fraction of sp³-hybridized carbons (Fsp3) is 0.417. The third-order valence-corrected chi connectivity index (χ3v) is 4.72. The minimum absolute atomic E-state index is 0.184. The van der Waals surface area contributed by atoms with E-state index in [-0.39, 0.29) is 11.5 Å². The molecule has 1 rings (SSSR count). The van der Waals surface area contributed by atoms with Gasteiger partial charge in [0.1, 0.15) is 4.99 Å². The molecule has 0 aliphatic carbocycles. The second kappa shape index (κ2) is 7.74. The topological polar surface area (TPSA) is 83.6 Å². The highest BCUT2D eigenvalue weighted by molar-refractivity contribution is 7.88. The van der Waals surface area contributed by atoms with E-state index >= 15 is 0 Å². The van der Waals surface area contributed by atoms with E-state index in [0.29, 0.717) is 15.4 Å². The highest BCUT2D eigenvalue weighted by Gasteiger charge is 2.25. The molecule has 5 nitrogen and oxygen atoms in total. The molecule has 0 atom stereocenters. The van der Waals surface area contributed by atoms with Crippen molar-refractivity contribution < 1.29 is 22.3 Å². The van der Waals surface area contributed by atoms with Gasteiger partial charge in [-0.3, -0.25) is 0 Å². The second-order valence-corrected chi connectivity index (χ2v) is 6.70. The summed E-state index contributed by atoms with van der Waals surface area (Å²) in [5, 5.41) is 8.80. The van der Waals surface area contributed by atoms with Gasteiger partial charge in [0.2, 0.25) is 10.0 Å². The monoisotopic (exact) mass is 338 g/mol. The van der Waals surface area contributed by atoms with Gasteiger partial charge in [0.15, 0.2) is 0 Å². The number of alkyl halides is 2. The van der Waals surface area contributed by atoms with E-state index in [1.807, 2.05) is 0 Å². The van der Waals surface area contributed by atoms with Gasteiger partial charge >= 0.3 is 0 Å². The highest BCUT2D eigenvalue weighted by atomic mass is 32.2. The van der Waals surface area contributed by atoms with Crippen molar-refractivity contribution in [2.45, 2.75) is 12.2 Å². The molecule has 0 aromatic heterocycles. The molecule has 1 aromatic carbocycles. The molecule has 0 aliphatic heterocycles. The predicted molar refractivity (Wildman–Crippen MR) is 79.6 cm³/mol. The van der Waals surface area contributed by atoms with Gasteiger partial charge in [-0.15, -0.1) is 0 Å². The maximum absolute atomic E-state index is 12.4. The molecule has 21 heavy (non-hydrogen) atoms. The number of nitrogens with two attached hydrogens (primary N) is 1. The molecule has 0 unspecified atom stereocenters. The number of nitrogens with zero attached hydrogens (tertiary/aromatic N) is 1. The Hall–Kier alpha value is -1.16. The summed E-state index contributed by atoms with van der Waals surface area (Å²) >= 11 is 4.78. The fourth-order valence-corrected chi connectivity index (χ4v) is 3.31. The summed E-state index contributed by atoms with van der Waals surface area (Å²) < 4.78 is 49.5. The first kappa shape index (κ1) is 17.9. The van der Waals surface area contributed by atoms with Crippen LogP contribution in [0.2, 0.25) is 0 Å². The zero-order valence-corrected chi connectivity index (χ0v) is 12.7. The van der Waals surface area contributed by atoms with E-state index in [0.717, 1.165) is 0 Å². The summed E-state index contributed by atoms with van der Waals surface area (Å²) in [4.78, 5) is 0.184. The Kier molecular flexibility index (Phi) is 6.59. The van der Waals surface area contributed by atoms with Crippen LogP contribution < -0.4 is 5.73 Å². The van der Waals surface area contributed by atoms with Gasteiger partial charge < -0.3 is 10.8 Å². The van der Waals surface area contributed by atoms with E-state index in [1.54, 1.807) is 12.1 Å². The van der Waals surface area contributed by atoms with Crippen LogP contribution in [-0.4, -0.2) is 48.9 Å². The van der Waals surface area contributed by atoms with Crippen molar-refractivity contribution in [3.63, 3.8) is 0 Å². The van der Waals surface area contributed by atoms with Crippen molar-refractivity contribution in [2.75, 3.05) is 19.7 Å². The smallest absolute Gasteiger partial charge is 0.252 e. The molecule has 0 bridgehead atoms. The lowest BCUT2D eigenvalue weighted by Gasteiger charge is -2.20. The minimum Gasteiger partial charge on any atom is -0.395 e. The molecule has 118 valence electrons. The quantitative estimate of drug-likeness (QED) is 0.682. The summed E-state index contributed by atoms with van der Waals surface area (Å²) in [5.41, 5.74) is 6.44. The molecule has 9 heteroatoms. The van der Waals surface area contributed by atoms with Crippen molar-refractivity contribution >= 4 is 27.2 Å². The van der Waals surface area contributed by atoms with Gasteiger partial charge in [0.25, 0.3) is 6.43 Å². The van der Waals surface area contributed by atoms with Crippen molar-refractivity contribution in [1.82, 2.24) is 4.31 Å². The highest BCUT2D eigenvalue weighted by Crippen LogP contribution is 2.13. The van der Waals surface area contributed by atoms with E-state index in [4.69, 9.17) is 23.1 Å². The van der Waals surface area contributed by atoms with Crippen LogP contribution in [0.25, 0.3) is 0 Å². The van der Waals surface area contributed by atoms with E-state index < -0.39 is 35.4 Å². The molecular weight excluding hydrogens is 322 g/mol. The largest absolute Gasteiger partial charge is 0.395 e. The summed E-state index contributed by atoms with van der Waals surface area (Å²) in [6.07, 6.45) is -2.80. The van der Waals surface area contributed by atoms with Crippen LogP contribution in [0.1, 0.15) is 11.1 Å². The van der Waals surface area contributed by atoms with Gasteiger partial charge in [-0.25, -0.2) is 17.2 Å². The Morgan fingerprint density at radius 3 is 2.33 bits per heavy atom. The predicted octanol–water partition coefficient (Wildman–Crippen LogP) is 0.710. The number of hydrogen-bond acceptors (Lipinski definition) is 4. The van der Waals surface area contributed by atoms with Gasteiger partial charge in [0.05, 0.1) is 18.9 Å². The normalized spacial score (nSPS) is 12.0. The van der Waals surface area contributed by atoms with Crippen molar-refractivity contribution in [2.24, 2.45) is 5.73 Å². The number of aliphatic hydroxyl groups excluding tert-OH is 1. The fourth-order valence-electron chi connectivity index (χ4n) is 1.68. The van der Waals surface area contributed by atoms with Crippen LogP contribution >= 0.6 is 12.2 Å². The number of hydrogen-bond donors (Lipinski definition) is 2. The Balaban J connectivity index is 2.88. The van der Waals surface area contributed by atoms with Crippen LogP contribution in [0.5, 0.6) is 0 Å². The van der Waals surface area contributed by atoms with Gasteiger partial charge in [-0.1, -0.05) is 36.5 Å². The number of benzene rings is 1. The molecule has 0 spiro atoms. The SMILES string of the molecule is NC(=S)c1ccc(CS(=O)(=O)N(CCO)CC(F)F)cc1. The molecule has 0 saturated heterocycles. The van der Waals surface area contributed by atoms with E-state index in [9.17, 15) is 17.2 Å². The van der Waals surface area contributed by atoms with E-state index in [1.165, 1.54) is 12.1 Å². The van der Waals surface area contributed by atoms with Crippen LogP contribution in [0.4, 0.5) is 8.78 Å². The average molecular weight is 338 g/mol. The standard InChI is InChI=1S/C12H16F2N2O3S2/c13-11(14)7-16(5-6-17)21(18,19)8-9-1-3-10(4-2-9)12(15)20/h1-4,11,17H,5-8H2,(H2,15,20). The second-order valence-electron chi connectivity index (χ2n) is 4.29. The molecule has 0 saturated carbocycles. The van der Waals surface area contributed by atoms with E-state index in [2.05, 4.69) is 0 Å². The van der Waals surface area contributed by atoms with Crippen LogP contribution in [0.3, 0.4) is 0 Å². The summed E-state index contributed by atoms with van der Waals surface area (Å²) in [6, 6.07) is 6.17. The number of halogens is 2. The van der Waals surface area contributed by atoms with Crippen LogP contribution in [-0.2, 0) is 15.8 Å². The van der Waals surface area contributed by atoms with Gasteiger partial charge in [0, 0.05) is 12.1 Å². The first-order chi connectivity index (χ1) is 9.76. The summed E-state index contributed by atoms with van der Waals surface area (Å²) in [5.74, 6) is -0.433. The third kappa shape index (κ3) is 5.62. The summed E-state index contributed by atoms with van der Waals surface area (Å²) in [6.45, 7) is -1.82. The summed E-state index contributed by atoms with van der Waals surface area (Å²) in [7, 11) is -3.94. The van der Waals surface area contributed by atoms with Crippen LogP contribution in [0, 0.1) is 0 Å². The number of thiocarbonyl (C=S) groups is 1. The maximum Gasteiger partial charge on any atom is 0.252 e. The molecule has 0 aliphatic rings. The van der Waals surface area contributed by atoms with Gasteiger partial charge in [-0.05, 0) is 5.56 Å².